The summed E-state index contributed by atoms with van der Waals surface area (Å²) in [5.74, 6) is 0.0792. The maximum absolute atomic E-state index is 12.2. The number of carbonyl (C=O) groups is 2. The second kappa shape index (κ2) is 7.84. The van der Waals surface area contributed by atoms with Gasteiger partial charge in [-0.3, -0.25) is 9.59 Å². The minimum Gasteiger partial charge on any atom is -0.349 e. The molecule has 2 rings (SSSR count). The van der Waals surface area contributed by atoms with Gasteiger partial charge in [-0.05, 0) is 30.5 Å². The van der Waals surface area contributed by atoms with Gasteiger partial charge in [-0.2, -0.15) is 0 Å². The van der Waals surface area contributed by atoms with Gasteiger partial charge >= 0.3 is 0 Å². The summed E-state index contributed by atoms with van der Waals surface area (Å²) in [6.07, 6.45) is 4.59. The van der Waals surface area contributed by atoms with Gasteiger partial charge in [-0.15, -0.1) is 0 Å². The number of hydrogen-bond acceptors (Lipinski definition) is 2. The molecular weight excluding hydrogens is 335 g/mol. The van der Waals surface area contributed by atoms with Gasteiger partial charge in [0.2, 0.25) is 11.8 Å². The summed E-state index contributed by atoms with van der Waals surface area (Å²) in [5.41, 5.74) is 0.713. The monoisotopic (exact) mass is 354 g/mol. The number of benzene rings is 1. The first kappa shape index (κ1) is 17.8. The average Bonchev–Trinajstić information content (AvgIpc) is 2.55. The van der Waals surface area contributed by atoms with Gasteiger partial charge in [0.25, 0.3) is 0 Å². The molecular formula is C17H20Cl2N2O2. The second-order valence-corrected chi connectivity index (χ2v) is 6.59. The molecule has 1 aromatic rings. The van der Waals surface area contributed by atoms with E-state index in [0.717, 1.165) is 0 Å². The number of amides is 2. The van der Waals surface area contributed by atoms with Crippen molar-refractivity contribution in [2.24, 2.45) is 5.92 Å². The Bertz CT molecular complexity index is 621. The van der Waals surface area contributed by atoms with Crippen molar-refractivity contribution in [1.82, 2.24) is 9.80 Å². The molecule has 124 valence electrons. The minimum absolute atomic E-state index is 0.0143. The van der Waals surface area contributed by atoms with E-state index in [1.807, 2.05) is 0 Å². The lowest BCUT2D eigenvalue weighted by molar-refractivity contribution is -0.137. The van der Waals surface area contributed by atoms with Crippen LogP contribution < -0.4 is 0 Å². The summed E-state index contributed by atoms with van der Waals surface area (Å²) >= 11 is 12.0. The molecule has 0 unspecified atom stereocenters. The molecule has 2 amide bonds. The van der Waals surface area contributed by atoms with Crippen molar-refractivity contribution in [1.29, 1.82) is 0 Å². The van der Waals surface area contributed by atoms with Crippen molar-refractivity contribution < 1.29 is 9.59 Å². The van der Waals surface area contributed by atoms with Crippen LogP contribution in [-0.4, -0.2) is 48.8 Å². The highest BCUT2D eigenvalue weighted by molar-refractivity contribution is 6.42. The maximum atomic E-state index is 12.2. The summed E-state index contributed by atoms with van der Waals surface area (Å²) < 4.78 is 0. The van der Waals surface area contributed by atoms with Crippen molar-refractivity contribution in [3.8, 4) is 0 Å². The summed E-state index contributed by atoms with van der Waals surface area (Å²) in [4.78, 5) is 27.6. The lowest BCUT2D eigenvalue weighted by Gasteiger charge is -2.31. The Balaban J connectivity index is 1.94. The van der Waals surface area contributed by atoms with Crippen LogP contribution >= 0.6 is 23.2 Å². The topological polar surface area (TPSA) is 40.6 Å². The first-order valence-electron chi connectivity index (χ1n) is 7.52. The maximum Gasteiger partial charge on any atom is 0.246 e. The van der Waals surface area contributed by atoms with E-state index in [0.29, 0.717) is 41.5 Å². The van der Waals surface area contributed by atoms with E-state index in [4.69, 9.17) is 23.2 Å². The van der Waals surface area contributed by atoms with Crippen LogP contribution in [0.3, 0.4) is 0 Å². The third-order valence-corrected chi connectivity index (χ3v) is 4.82. The predicted octanol–water partition coefficient (Wildman–Crippen LogP) is 3.33. The predicted molar refractivity (Wildman–Crippen MR) is 93.5 cm³/mol. The average molecular weight is 355 g/mol. The van der Waals surface area contributed by atoms with Gasteiger partial charge in [0, 0.05) is 39.2 Å². The van der Waals surface area contributed by atoms with Crippen LogP contribution in [0.25, 0.3) is 6.08 Å². The molecule has 0 spiro atoms. The molecule has 0 atom stereocenters. The molecule has 1 saturated heterocycles. The molecule has 1 aliphatic rings. The molecule has 1 aromatic carbocycles. The highest BCUT2D eigenvalue weighted by atomic mass is 35.5. The number of rotatable bonds is 3. The van der Waals surface area contributed by atoms with Crippen molar-refractivity contribution >= 4 is 41.1 Å². The number of halogens is 2. The van der Waals surface area contributed by atoms with E-state index >= 15 is 0 Å². The Hall–Kier alpha value is -1.52. The molecule has 0 aromatic heterocycles. The second-order valence-electron chi connectivity index (χ2n) is 5.81. The van der Waals surface area contributed by atoms with Gasteiger partial charge < -0.3 is 9.80 Å². The molecule has 0 saturated carbocycles. The van der Waals surface area contributed by atoms with Gasteiger partial charge in [-0.1, -0.05) is 35.3 Å². The number of nitrogens with zero attached hydrogens (tertiary/aromatic N) is 2. The summed E-state index contributed by atoms with van der Waals surface area (Å²) in [7, 11) is 3.52. The van der Waals surface area contributed by atoms with Crippen LogP contribution in [-0.2, 0) is 9.59 Å². The Morgan fingerprint density at radius 1 is 1.22 bits per heavy atom. The van der Waals surface area contributed by atoms with E-state index in [2.05, 4.69) is 0 Å². The summed E-state index contributed by atoms with van der Waals surface area (Å²) in [6.45, 7) is 1.19. The molecule has 0 aliphatic carbocycles. The van der Waals surface area contributed by atoms with Gasteiger partial charge in [-0.25, -0.2) is 0 Å². The van der Waals surface area contributed by atoms with Crippen LogP contribution in [0.15, 0.2) is 24.3 Å². The highest BCUT2D eigenvalue weighted by Crippen LogP contribution is 2.26. The largest absolute Gasteiger partial charge is 0.349 e. The zero-order valence-corrected chi connectivity index (χ0v) is 14.8. The number of likely N-dealkylation sites (tertiary alicyclic amines) is 1. The van der Waals surface area contributed by atoms with Crippen molar-refractivity contribution in [2.75, 3.05) is 27.2 Å². The number of piperidine rings is 1. The van der Waals surface area contributed by atoms with Gasteiger partial charge in [0.1, 0.15) is 0 Å². The molecule has 23 heavy (non-hydrogen) atoms. The molecule has 0 radical (unpaired) electrons. The fourth-order valence-corrected chi connectivity index (χ4v) is 3.00. The number of carbonyl (C=O) groups excluding carboxylic acids is 2. The van der Waals surface area contributed by atoms with Crippen molar-refractivity contribution in [3.05, 3.63) is 39.9 Å². The Kier molecular flexibility index (Phi) is 6.08. The van der Waals surface area contributed by atoms with Crippen molar-refractivity contribution in [2.45, 2.75) is 12.8 Å². The van der Waals surface area contributed by atoms with Crippen LogP contribution in [0, 0.1) is 5.92 Å². The van der Waals surface area contributed by atoms with Crippen molar-refractivity contribution in [3.63, 3.8) is 0 Å². The lowest BCUT2D eigenvalue weighted by atomic mass is 9.95. The molecule has 4 nitrogen and oxygen atoms in total. The normalized spacial score (nSPS) is 15.9. The van der Waals surface area contributed by atoms with E-state index < -0.39 is 0 Å². The van der Waals surface area contributed by atoms with Gasteiger partial charge in [0.15, 0.2) is 0 Å². The Morgan fingerprint density at radius 2 is 1.87 bits per heavy atom. The fourth-order valence-electron chi connectivity index (χ4n) is 2.63. The first-order valence-corrected chi connectivity index (χ1v) is 8.28. The third kappa shape index (κ3) is 4.49. The van der Waals surface area contributed by atoms with Crippen LogP contribution in [0.1, 0.15) is 18.4 Å². The molecule has 0 N–H and O–H groups in total. The minimum atomic E-state index is -0.0724. The zero-order chi connectivity index (χ0) is 17.0. The summed E-state index contributed by atoms with van der Waals surface area (Å²) in [6, 6.07) is 5.30. The van der Waals surface area contributed by atoms with E-state index in [9.17, 15) is 9.59 Å². The SMILES string of the molecule is CN(C)C(=O)C1CCN(C(=O)C=Cc2cccc(Cl)c2Cl)CC1. The van der Waals surface area contributed by atoms with E-state index in [1.54, 1.807) is 48.2 Å². The molecule has 1 fully saturated rings. The molecule has 1 aliphatic heterocycles. The van der Waals surface area contributed by atoms with Gasteiger partial charge in [0.05, 0.1) is 10.0 Å². The molecule has 0 bridgehead atoms. The smallest absolute Gasteiger partial charge is 0.246 e. The Morgan fingerprint density at radius 3 is 2.48 bits per heavy atom. The van der Waals surface area contributed by atoms with Crippen LogP contribution in [0.5, 0.6) is 0 Å². The quantitative estimate of drug-likeness (QED) is 0.781. The van der Waals surface area contributed by atoms with Crippen LogP contribution in [0.4, 0.5) is 0 Å². The lowest BCUT2D eigenvalue weighted by Crippen LogP contribution is -2.42. The Labute approximate surface area is 146 Å². The first-order chi connectivity index (χ1) is 10.9. The third-order valence-electron chi connectivity index (χ3n) is 3.98. The molecule has 1 heterocycles. The van der Waals surface area contributed by atoms with Crippen LogP contribution in [0.2, 0.25) is 10.0 Å². The zero-order valence-electron chi connectivity index (χ0n) is 13.3. The highest BCUT2D eigenvalue weighted by Gasteiger charge is 2.27. The van der Waals surface area contributed by atoms with E-state index in [1.165, 1.54) is 6.08 Å². The molecule has 6 heteroatoms. The number of hydrogen-bond donors (Lipinski definition) is 0. The summed E-state index contributed by atoms with van der Waals surface area (Å²) in [5, 5.41) is 0.901. The standard InChI is InChI=1S/C17H20Cl2N2O2/c1-20(2)17(23)13-8-10-21(11-9-13)15(22)7-6-12-4-3-5-14(18)16(12)19/h3-7,13H,8-11H2,1-2H3. The fraction of sp³-hybridized carbons (Fsp3) is 0.412. The van der Waals surface area contributed by atoms with E-state index in [-0.39, 0.29) is 17.7 Å².